The van der Waals surface area contributed by atoms with Gasteiger partial charge in [-0.3, -0.25) is 0 Å². The molecule has 0 saturated carbocycles. The molecule has 0 aliphatic carbocycles. The second-order valence-corrected chi connectivity index (χ2v) is 5.43. The molecule has 3 nitrogen and oxygen atoms in total. The number of hydrogen-bond donors (Lipinski definition) is 2. The molecule has 0 aliphatic heterocycles. The van der Waals surface area contributed by atoms with Crippen molar-refractivity contribution in [3.8, 4) is 5.75 Å². The fraction of sp³-hybridized carbons (Fsp3) is 0.250. The first kappa shape index (κ1) is 15.4. The summed E-state index contributed by atoms with van der Waals surface area (Å²) in [5.74, 6) is 0.229. The molecule has 0 heterocycles. The third-order valence-electron chi connectivity index (χ3n) is 2.86. The molecule has 21 heavy (non-hydrogen) atoms. The molecule has 2 rings (SSSR count). The maximum Gasteiger partial charge on any atom is 0.144 e. The summed E-state index contributed by atoms with van der Waals surface area (Å²) in [6, 6.07) is 10.2. The highest BCUT2D eigenvalue weighted by Gasteiger charge is 2.05. The maximum absolute atomic E-state index is 13.1. The number of nitrogens with two attached hydrogens (primary N) is 1. The summed E-state index contributed by atoms with van der Waals surface area (Å²) in [4.78, 5) is 0. The van der Waals surface area contributed by atoms with Crippen LogP contribution in [0.2, 0.25) is 5.02 Å². The third kappa shape index (κ3) is 4.26. The standard InChI is InChI=1S/C16H18ClFN2O/c1-10(2)21-16-8-12(4-6-15(16)19)20-9-11-3-5-14(18)13(17)7-11/h3-8,10,20H,9,19H2,1-2H3. The van der Waals surface area contributed by atoms with E-state index in [1.165, 1.54) is 6.07 Å². The first-order chi connectivity index (χ1) is 9.95. The van der Waals surface area contributed by atoms with Crippen molar-refractivity contribution in [1.29, 1.82) is 0 Å². The Morgan fingerprint density at radius 3 is 2.67 bits per heavy atom. The van der Waals surface area contributed by atoms with Gasteiger partial charge in [0.05, 0.1) is 16.8 Å². The van der Waals surface area contributed by atoms with Crippen molar-refractivity contribution in [1.82, 2.24) is 0 Å². The van der Waals surface area contributed by atoms with Crippen molar-refractivity contribution in [3.05, 3.63) is 52.8 Å². The molecular formula is C16H18ClFN2O. The van der Waals surface area contributed by atoms with E-state index in [1.54, 1.807) is 18.2 Å². The van der Waals surface area contributed by atoms with Crippen molar-refractivity contribution >= 4 is 23.0 Å². The van der Waals surface area contributed by atoms with E-state index in [-0.39, 0.29) is 11.1 Å². The SMILES string of the molecule is CC(C)Oc1cc(NCc2ccc(F)c(Cl)c2)ccc1N. The lowest BCUT2D eigenvalue weighted by Gasteiger charge is -2.14. The third-order valence-corrected chi connectivity index (χ3v) is 3.15. The van der Waals surface area contributed by atoms with Gasteiger partial charge >= 0.3 is 0 Å². The largest absolute Gasteiger partial charge is 0.489 e. The molecule has 0 bridgehead atoms. The summed E-state index contributed by atoms with van der Waals surface area (Å²) < 4.78 is 18.7. The van der Waals surface area contributed by atoms with Gasteiger partial charge in [0, 0.05) is 18.3 Å². The molecular weight excluding hydrogens is 291 g/mol. The van der Waals surface area contributed by atoms with Gasteiger partial charge in [0.2, 0.25) is 0 Å². The Bertz CT molecular complexity index is 632. The first-order valence-corrected chi connectivity index (χ1v) is 7.07. The second-order valence-electron chi connectivity index (χ2n) is 5.02. The summed E-state index contributed by atoms with van der Waals surface area (Å²) >= 11 is 5.76. The summed E-state index contributed by atoms with van der Waals surface area (Å²) in [5, 5.41) is 3.35. The second kappa shape index (κ2) is 6.68. The van der Waals surface area contributed by atoms with Gasteiger partial charge in [-0.2, -0.15) is 0 Å². The molecule has 0 unspecified atom stereocenters. The molecule has 0 spiro atoms. The van der Waals surface area contributed by atoms with E-state index in [4.69, 9.17) is 22.1 Å². The summed E-state index contributed by atoms with van der Waals surface area (Å²) in [6.07, 6.45) is 0.0541. The maximum atomic E-state index is 13.1. The van der Waals surface area contributed by atoms with E-state index < -0.39 is 5.82 Å². The van der Waals surface area contributed by atoms with Crippen molar-refractivity contribution in [2.24, 2.45) is 0 Å². The van der Waals surface area contributed by atoms with Crippen LogP contribution in [0.1, 0.15) is 19.4 Å². The minimum Gasteiger partial charge on any atom is -0.489 e. The van der Waals surface area contributed by atoms with E-state index in [0.717, 1.165) is 11.3 Å². The van der Waals surface area contributed by atoms with Crippen LogP contribution in [-0.4, -0.2) is 6.10 Å². The summed E-state index contributed by atoms with van der Waals surface area (Å²) in [7, 11) is 0. The molecule has 3 N–H and O–H groups in total. The molecule has 0 fully saturated rings. The lowest BCUT2D eigenvalue weighted by molar-refractivity contribution is 0.244. The van der Waals surface area contributed by atoms with Crippen LogP contribution >= 0.6 is 11.6 Å². The summed E-state index contributed by atoms with van der Waals surface area (Å²) in [6.45, 7) is 4.42. The highest BCUT2D eigenvalue weighted by Crippen LogP contribution is 2.27. The van der Waals surface area contributed by atoms with E-state index in [9.17, 15) is 4.39 Å². The van der Waals surface area contributed by atoms with Gasteiger partial charge in [-0.25, -0.2) is 4.39 Å². The highest BCUT2D eigenvalue weighted by atomic mass is 35.5. The number of nitrogens with one attached hydrogen (secondary N) is 1. The minimum absolute atomic E-state index is 0.0541. The number of benzene rings is 2. The molecule has 5 heteroatoms. The topological polar surface area (TPSA) is 47.3 Å². The zero-order chi connectivity index (χ0) is 15.4. The molecule has 0 aromatic heterocycles. The molecule has 0 saturated heterocycles. The van der Waals surface area contributed by atoms with Crippen LogP contribution in [0.15, 0.2) is 36.4 Å². The number of hydrogen-bond acceptors (Lipinski definition) is 3. The van der Waals surface area contributed by atoms with Crippen LogP contribution in [-0.2, 0) is 6.54 Å². The Labute approximate surface area is 128 Å². The Morgan fingerprint density at radius 2 is 2.00 bits per heavy atom. The fourth-order valence-corrected chi connectivity index (χ4v) is 2.06. The first-order valence-electron chi connectivity index (χ1n) is 6.69. The van der Waals surface area contributed by atoms with Crippen molar-refractivity contribution in [2.45, 2.75) is 26.5 Å². The van der Waals surface area contributed by atoms with Gasteiger partial charge < -0.3 is 15.8 Å². The normalized spacial score (nSPS) is 10.7. The van der Waals surface area contributed by atoms with Gasteiger partial charge in [-0.1, -0.05) is 17.7 Å². The van der Waals surface area contributed by atoms with Gasteiger partial charge in [-0.15, -0.1) is 0 Å². The average Bonchev–Trinajstić information content (AvgIpc) is 2.43. The molecule has 2 aromatic rings. The van der Waals surface area contributed by atoms with Crippen LogP contribution in [0.25, 0.3) is 0 Å². The number of nitrogen functional groups attached to an aromatic ring is 1. The van der Waals surface area contributed by atoms with Crippen LogP contribution < -0.4 is 15.8 Å². The zero-order valence-corrected chi connectivity index (χ0v) is 12.7. The molecule has 2 aromatic carbocycles. The smallest absolute Gasteiger partial charge is 0.144 e. The number of anilines is 2. The van der Waals surface area contributed by atoms with E-state index in [2.05, 4.69) is 5.32 Å². The Balaban J connectivity index is 2.07. The number of halogens is 2. The lowest BCUT2D eigenvalue weighted by atomic mass is 10.2. The lowest BCUT2D eigenvalue weighted by Crippen LogP contribution is -2.08. The molecule has 0 radical (unpaired) electrons. The van der Waals surface area contributed by atoms with Crippen molar-refractivity contribution < 1.29 is 9.13 Å². The monoisotopic (exact) mass is 308 g/mol. The van der Waals surface area contributed by atoms with Gasteiger partial charge in [0.15, 0.2) is 0 Å². The molecule has 0 amide bonds. The Kier molecular flexibility index (Phi) is 4.91. The van der Waals surface area contributed by atoms with Gasteiger partial charge in [0.25, 0.3) is 0 Å². The van der Waals surface area contributed by atoms with E-state index >= 15 is 0 Å². The molecule has 112 valence electrons. The van der Waals surface area contributed by atoms with Crippen LogP contribution in [0.3, 0.4) is 0 Å². The van der Waals surface area contributed by atoms with Gasteiger partial charge in [0.1, 0.15) is 11.6 Å². The minimum atomic E-state index is -0.416. The van der Waals surface area contributed by atoms with E-state index in [1.807, 2.05) is 26.0 Å². The highest BCUT2D eigenvalue weighted by molar-refractivity contribution is 6.30. The van der Waals surface area contributed by atoms with Crippen molar-refractivity contribution in [3.63, 3.8) is 0 Å². The Hall–Kier alpha value is -1.94. The van der Waals surface area contributed by atoms with Crippen LogP contribution in [0.4, 0.5) is 15.8 Å². The van der Waals surface area contributed by atoms with E-state index in [0.29, 0.717) is 18.0 Å². The Morgan fingerprint density at radius 1 is 1.24 bits per heavy atom. The quantitative estimate of drug-likeness (QED) is 0.802. The number of ether oxygens (including phenoxy) is 1. The summed E-state index contributed by atoms with van der Waals surface area (Å²) in [5.41, 5.74) is 8.23. The predicted molar refractivity (Wildman–Crippen MR) is 85.4 cm³/mol. The van der Waals surface area contributed by atoms with Crippen LogP contribution in [0, 0.1) is 5.82 Å². The van der Waals surface area contributed by atoms with Crippen molar-refractivity contribution in [2.75, 3.05) is 11.1 Å². The average molecular weight is 309 g/mol. The molecule has 0 aliphatic rings. The number of rotatable bonds is 5. The predicted octanol–water partition coefficient (Wildman–Crippen LogP) is 4.46. The van der Waals surface area contributed by atoms with Crippen LogP contribution in [0.5, 0.6) is 5.75 Å². The van der Waals surface area contributed by atoms with Gasteiger partial charge in [-0.05, 0) is 43.7 Å². The fourth-order valence-electron chi connectivity index (χ4n) is 1.85. The molecule has 0 atom stereocenters. The zero-order valence-electron chi connectivity index (χ0n) is 12.0.